The highest BCUT2D eigenvalue weighted by Crippen LogP contribution is 2.15. The van der Waals surface area contributed by atoms with Gasteiger partial charge in [0, 0.05) is 36.9 Å². The van der Waals surface area contributed by atoms with Gasteiger partial charge in [0.2, 0.25) is 5.91 Å². The number of carbonyl (C=O) groups excluding carboxylic acids is 2. The highest BCUT2D eigenvalue weighted by molar-refractivity contribution is 6.03. The van der Waals surface area contributed by atoms with Crippen molar-refractivity contribution in [1.29, 1.82) is 0 Å². The monoisotopic (exact) mass is 379 g/mol. The summed E-state index contributed by atoms with van der Waals surface area (Å²) < 4.78 is 7.07. The second-order valence-electron chi connectivity index (χ2n) is 6.56. The molecule has 0 spiro atoms. The number of fused-ring (bicyclic) bond motifs is 1. The number of amides is 2. The second-order valence-corrected chi connectivity index (χ2v) is 6.56. The largest absolute Gasteiger partial charge is 0.379 e. The topological polar surface area (TPSA) is 88.0 Å². The second kappa shape index (κ2) is 8.20. The van der Waals surface area contributed by atoms with Gasteiger partial charge in [-0.25, -0.2) is 4.98 Å². The van der Waals surface area contributed by atoms with Gasteiger partial charge in [-0.2, -0.15) is 0 Å². The first-order valence-corrected chi connectivity index (χ1v) is 9.12. The molecule has 0 saturated carbocycles. The van der Waals surface area contributed by atoms with Crippen LogP contribution in [0, 0.1) is 0 Å². The van der Waals surface area contributed by atoms with Gasteiger partial charge in [-0.3, -0.25) is 14.5 Å². The maximum Gasteiger partial charge on any atom is 0.275 e. The van der Waals surface area contributed by atoms with Crippen LogP contribution >= 0.6 is 0 Å². The standard InChI is InChI=1S/C20H21N5O3/c26-19(14-24-9-11-28-12-10-24)21-15-4-6-16(7-5-15)22-20(27)17-13-25-8-2-1-3-18(25)23-17/h1-8,13H,9-12,14H2,(H,21,26)(H,22,27). The fraction of sp³-hybridized carbons (Fsp3) is 0.250. The van der Waals surface area contributed by atoms with Gasteiger partial charge in [0.1, 0.15) is 11.3 Å². The van der Waals surface area contributed by atoms with E-state index in [4.69, 9.17) is 4.74 Å². The zero-order chi connectivity index (χ0) is 19.3. The number of morpholine rings is 1. The van der Waals surface area contributed by atoms with E-state index in [-0.39, 0.29) is 11.8 Å². The molecule has 3 aromatic rings. The molecule has 1 aliphatic heterocycles. The molecular formula is C20H21N5O3. The number of aromatic nitrogens is 2. The molecule has 8 nitrogen and oxygen atoms in total. The lowest BCUT2D eigenvalue weighted by molar-refractivity contribution is -0.118. The lowest BCUT2D eigenvalue weighted by Gasteiger charge is -2.25. The summed E-state index contributed by atoms with van der Waals surface area (Å²) in [7, 11) is 0. The molecule has 2 N–H and O–H groups in total. The van der Waals surface area contributed by atoms with Gasteiger partial charge in [-0.1, -0.05) is 6.07 Å². The number of imidazole rings is 1. The molecule has 1 aromatic carbocycles. The number of benzene rings is 1. The molecule has 1 aliphatic rings. The van der Waals surface area contributed by atoms with E-state index in [0.717, 1.165) is 13.1 Å². The van der Waals surface area contributed by atoms with Gasteiger partial charge in [-0.05, 0) is 36.4 Å². The van der Waals surface area contributed by atoms with Crippen LogP contribution in [0.3, 0.4) is 0 Å². The third kappa shape index (κ3) is 4.36. The van der Waals surface area contributed by atoms with E-state index >= 15 is 0 Å². The number of rotatable bonds is 5. The number of anilines is 2. The minimum Gasteiger partial charge on any atom is -0.379 e. The van der Waals surface area contributed by atoms with Crippen molar-refractivity contribution < 1.29 is 14.3 Å². The number of carbonyl (C=O) groups is 2. The van der Waals surface area contributed by atoms with Crippen LogP contribution < -0.4 is 10.6 Å². The van der Waals surface area contributed by atoms with Gasteiger partial charge >= 0.3 is 0 Å². The fourth-order valence-corrected chi connectivity index (χ4v) is 3.04. The van der Waals surface area contributed by atoms with Gasteiger partial charge in [0.25, 0.3) is 5.91 Å². The average molecular weight is 379 g/mol. The summed E-state index contributed by atoms with van der Waals surface area (Å²) in [5.74, 6) is -0.351. The van der Waals surface area contributed by atoms with Crippen molar-refractivity contribution in [3.05, 3.63) is 60.6 Å². The zero-order valence-electron chi connectivity index (χ0n) is 15.3. The van der Waals surface area contributed by atoms with Crippen molar-refractivity contribution in [2.45, 2.75) is 0 Å². The highest BCUT2D eigenvalue weighted by atomic mass is 16.5. The summed E-state index contributed by atoms with van der Waals surface area (Å²) in [5.41, 5.74) is 2.37. The average Bonchev–Trinajstić information content (AvgIpc) is 3.15. The summed E-state index contributed by atoms with van der Waals surface area (Å²) in [6.45, 7) is 3.20. The van der Waals surface area contributed by atoms with E-state index in [1.807, 2.05) is 24.4 Å². The van der Waals surface area contributed by atoms with Gasteiger partial charge in [-0.15, -0.1) is 0 Å². The van der Waals surface area contributed by atoms with E-state index in [0.29, 0.717) is 42.5 Å². The summed E-state index contributed by atoms with van der Waals surface area (Å²) in [6, 6.07) is 12.6. The van der Waals surface area contributed by atoms with Crippen LogP contribution in [0.5, 0.6) is 0 Å². The summed E-state index contributed by atoms with van der Waals surface area (Å²) in [4.78, 5) is 30.9. The van der Waals surface area contributed by atoms with Gasteiger partial charge in [0.05, 0.1) is 19.8 Å². The molecular weight excluding hydrogens is 358 g/mol. The van der Waals surface area contributed by atoms with Crippen LogP contribution in [-0.2, 0) is 9.53 Å². The van der Waals surface area contributed by atoms with Crippen LogP contribution in [0.25, 0.3) is 5.65 Å². The molecule has 0 bridgehead atoms. The Balaban J connectivity index is 1.33. The number of ether oxygens (including phenoxy) is 1. The van der Waals surface area contributed by atoms with E-state index in [1.165, 1.54) is 0 Å². The van der Waals surface area contributed by atoms with Gasteiger partial charge < -0.3 is 19.8 Å². The molecule has 0 aliphatic carbocycles. The van der Waals surface area contributed by atoms with Crippen molar-refractivity contribution in [2.24, 2.45) is 0 Å². The lowest BCUT2D eigenvalue weighted by Crippen LogP contribution is -2.41. The molecule has 2 aromatic heterocycles. The van der Waals surface area contributed by atoms with Crippen molar-refractivity contribution in [1.82, 2.24) is 14.3 Å². The molecule has 4 rings (SSSR count). The third-order valence-corrected chi connectivity index (χ3v) is 4.49. The van der Waals surface area contributed by atoms with Crippen LogP contribution in [0.15, 0.2) is 54.9 Å². The number of nitrogens with one attached hydrogen (secondary N) is 2. The molecule has 0 atom stereocenters. The molecule has 8 heteroatoms. The molecule has 1 fully saturated rings. The van der Waals surface area contributed by atoms with Crippen molar-refractivity contribution in [3.8, 4) is 0 Å². The van der Waals surface area contributed by atoms with Crippen molar-refractivity contribution in [2.75, 3.05) is 43.5 Å². The quantitative estimate of drug-likeness (QED) is 0.707. The number of hydrogen-bond donors (Lipinski definition) is 2. The molecule has 3 heterocycles. The smallest absolute Gasteiger partial charge is 0.275 e. The Labute approximate surface area is 162 Å². The van der Waals surface area contributed by atoms with Crippen molar-refractivity contribution >= 4 is 28.8 Å². The fourth-order valence-electron chi connectivity index (χ4n) is 3.04. The maximum atomic E-state index is 12.4. The molecule has 0 radical (unpaired) electrons. The van der Waals surface area contributed by atoms with E-state index in [1.54, 1.807) is 34.9 Å². The Morgan fingerprint density at radius 3 is 2.43 bits per heavy atom. The molecule has 1 saturated heterocycles. The van der Waals surface area contributed by atoms with E-state index in [2.05, 4.69) is 20.5 Å². The predicted molar refractivity (Wildman–Crippen MR) is 105 cm³/mol. The first-order valence-electron chi connectivity index (χ1n) is 9.12. The number of hydrogen-bond acceptors (Lipinski definition) is 5. The number of nitrogens with zero attached hydrogens (tertiary/aromatic N) is 3. The Bertz CT molecular complexity index is 944. The first kappa shape index (κ1) is 18.1. The Hall–Kier alpha value is -3.23. The highest BCUT2D eigenvalue weighted by Gasteiger charge is 2.14. The van der Waals surface area contributed by atoms with Crippen LogP contribution in [0.1, 0.15) is 10.5 Å². The molecule has 2 amide bonds. The summed E-state index contributed by atoms with van der Waals surface area (Å²) in [6.07, 6.45) is 3.53. The Morgan fingerprint density at radius 1 is 1.00 bits per heavy atom. The summed E-state index contributed by atoms with van der Waals surface area (Å²) >= 11 is 0. The number of pyridine rings is 1. The SMILES string of the molecule is O=C(CN1CCOCC1)Nc1ccc(NC(=O)c2cn3ccccc3n2)cc1. The molecule has 144 valence electrons. The van der Waals surface area contributed by atoms with Gasteiger partial charge in [0.15, 0.2) is 0 Å². The lowest BCUT2D eigenvalue weighted by atomic mass is 10.2. The minimum absolute atomic E-state index is 0.0663. The van der Waals surface area contributed by atoms with Crippen LogP contribution in [0.2, 0.25) is 0 Å². The predicted octanol–water partition coefficient (Wildman–Crippen LogP) is 1.86. The zero-order valence-corrected chi connectivity index (χ0v) is 15.3. The van der Waals surface area contributed by atoms with E-state index in [9.17, 15) is 9.59 Å². The Kier molecular flexibility index (Phi) is 5.31. The van der Waals surface area contributed by atoms with Crippen molar-refractivity contribution in [3.63, 3.8) is 0 Å². The van der Waals surface area contributed by atoms with E-state index < -0.39 is 0 Å². The minimum atomic E-state index is -0.284. The normalized spacial score (nSPS) is 14.7. The van der Waals surface area contributed by atoms with Crippen LogP contribution in [0.4, 0.5) is 11.4 Å². The Morgan fingerprint density at radius 2 is 1.71 bits per heavy atom. The third-order valence-electron chi connectivity index (χ3n) is 4.49. The first-order chi connectivity index (χ1) is 13.7. The summed E-state index contributed by atoms with van der Waals surface area (Å²) in [5, 5.41) is 5.69. The maximum absolute atomic E-state index is 12.4. The molecule has 28 heavy (non-hydrogen) atoms. The molecule has 0 unspecified atom stereocenters. The van der Waals surface area contributed by atoms with Crippen LogP contribution in [-0.4, -0.2) is 58.9 Å².